The summed E-state index contributed by atoms with van der Waals surface area (Å²) in [4.78, 5) is 18.2. The Bertz CT molecular complexity index is 588. The van der Waals surface area contributed by atoms with E-state index in [0.717, 1.165) is 31.7 Å². The van der Waals surface area contributed by atoms with E-state index in [-0.39, 0.29) is 5.91 Å². The van der Waals surface area contributed by atoms with Gasteiger partial charge in [0.2, 0.25) is 0 Å². The number of hydrogen-bond acceptors (Lipinski definition) is 6. The lowest BCUT2D eigenvalue weighted by Crippen LogP contribution is -2.39. The van der Waals surface area contributed by atoms with Gasteiger partial charge in [-0.15, -0.1) is 0 Å². The molecule has 0 saturated carbocycles. The second-order valence-corrected chi connectivity index (χ2v) is 5.85. The summed E-state index contributed by atoms with van der Waals surface area (Å²) in [5.74, 6) is 1.43. The van der Waals surface area contributed by atoms with Crippen molar-refractivity contribution in [2.75, 3.05) is 24.5 Å². The van der Waals surface area contributed by atoms with Crippen LogP contribution in [0.5, 0.6) is 0 Å². The van der Waals surface area contributed by atoms with Crippen molar-refractivity contribution in [3.05, 3.63) is 24.4 Å². The Kier molecular flexibility index (Phi) is 4.14. The summed E-state index contributed by atoms with van der Waals surface area (Å²) >= 11 is 1.24. The molecular formula is C13H18N6OS. The number of piperidine rings is 1. The number of aryl methyl sites for hydroxylation is 1. The molecule has 0 unspecified atom stereocenters. The third kappa shape index (κ3) is 3.21. The molecule has 1 aliphatic rings. The summed E-state index contributed by atoms with van der Waals surface area (Å²) in [6.45, 7) is 2.66. The quantitative estimate of drug-likeness (QED) is 0.909. The van der Waals surface area contributed by atoms with Crippen molar-refractivity contribution < 1.29 is 4.79 Å². The fourth-order valence-corrected chi connectivity index (χ4v) is 3.00. The predicted octanol–water partition coefficient (Wildman–Crippen LogP) is 0.918. The molecule has 1 amide bonds. The van der Waals surface area contributed by atoms with E-state index in [0.29, 0.717) is 18.2 Å². The van der Waals surface area contributed by atoms with Crippen LogP contribution < -0.4 is 10.2 Å². The van der Waals surface area contributed by atoms with Crippen LogP contribution in [0.2, 0.25) is 0 Å². The van der Waals surface area contributed by atoms with Crippen molar-refractivity contribution in [3.63, 3.8) is 0 Å². The number of aromatic nitrogens is 4. The zero-order valence-corrected chi connectivity index (χ0v) is 12.7. The Morgan fingerprint density at radius 1 is 1.43 bits per heavy atom. The first kappa shape index (κ1) is 14.0. The van der Waals surface area contributed by atoms with Gasteiger partial charge in [-0.05, 0) is 18.8 Å². The van der Waals surface area contributed by atoms with Gasteiger partial charge in [-0.2, -0.15) is 8.75 Å². The molecule has 2 aromatic heterocycles. The second kappa shape index (κ2) is 6.21. The first-order chi connectivity index (χ1) is 10.2. The van der Waals surface area contributed by atoms with E-state index >= 15 is 0 Å². The number of carbonyl (C=O) groups is 1. The van der Waals surface area contributed by atoms with Gasteiger partial charge in [-0.1, -0.05) is 0 Å². The third-order valence-corrected chi connectivity index (χ3v) is 4.36. The Morgan fingerprint density at radius 2 is 2.24 bits per heavy atom. The zero-order valence-electron chi connectivity index (χ0n) is 11.9. The van der Waals surface area contributed by atoms with Crippen LogP contribution in [0, 0.1) is 5.92 Å². The zero-order chi connectivity index (χ0) is 14.7. The van der Waals surface area contributed by atoms with Gasteiger partial charge in [0.1, 0.15) is 5.69 Å². The molecule has 7 nitrogen and oxygen atoms in total. The number of hydrogen-bond donors (Lipinski definition) is 1. The van der Waals surface area contributed by atoms with E-state index < -0.39 is 0 Å². The van der Waals surface area contributed by atoms with Gasteiger partial charge in [0.15, 0.2) is 5.82 Å². The van der Waals surface area contributed by atoms with Crippen molar-refractivity contribution >= 4 is 23.5 Å². The average Bonchev–Trinajstić information content (AvgIpc) is 3.16. The molecule has 1 saturated heterocycles. The molecule has 1 fully saturated rings. The molecular weight excluding hydrogens is 288 g/mol. The molecule has 0 aromatic carbocycles. The Hall–Kier alpha value is -1.96. The van der Waals surface area contributed by atoms with Gasteiger partial charge in [0.05, 0.1) is 30.4 Å². The average molecular weight is 306 g/mol. The van der Waals surface area contributed by atoms with E-state index in [1.54, 1.807) is 17.1 Å². The summed E-state index contributed by atoms with van der Waals surface area (Å²) in [5.41, 5.74) is 0.598. The third-order valence-electron chi connectivity index (χ3n) is 3.89. The molecule has 112 valence electrons. The number of imidazole rings is 1. The maximum atomic E-state index is 12.0. The second-order valence-electron chi connectivity index (χ2n) is 5.30. The lowest BCUT2D eigenvalue weighted by Gasteiger charge is -2.31. The van der Waals surface area contributed by atoms with Crippen LogP contribution >= 0.6 is 11.7 Å². The summed E-state index contributed by atoms with van der Waals surface area (Å²) in [6.07, 6.45) is 7.16. The van der Waals surface area contributed by atoms with Crippen molar-refractivity contribution in [2.24, 2.45) is 13.0 Å². The fraction of sp³-hybridized carbons (Fsp3) is 0.538. The highest BCUT2D eigenvalue weighted by atomic mass is 32.1. The van der Waals surface area contributed by atoms with Crippen LogP contribution in [0.25, 0.3) is 0 Å². The molecule has 8 heteroatoms. The van der Waals surface area contributed by atoms with Crippen LogP contribution in [0.3, 0.4) is 0 Å². The van der Waals surface area contributed by atoms with E-state index in [4.69, 9.17) is 0 Å². The molecule has 1 aliphatic heterocycles. The minimum absolute atomic E-state index is 0.0545. The maximum Gasteiger partial charge on any atom is 0.269 e. The number of carbonyl (C=O) groups excluding carboxylic acids is 1. The number of nitrogens with one attached hydrogen (secondary N) is 1. The highest BCUT2D eigenvalue weighted by Crippen LogP contribution is 2.21. The van der Waals surface area contributed by atoms with Crippen LogP contribution in [0.1, 0.15) is 23.3 Å². The highest BCUT2D eigenvalue weighted by Gasteiger charge is 2.21. The molecule has 0 bridgehead atoms. The lowest BCUT2D eigenvalue weighted by atomic mass is 9.97. The van der Waals surface area contributed by atoms with E-state index in [2.05, 4.69) is 23.9 Å². The minimum Gasteiger partial charge on any atom is -0.354 e. The number of anilines is 1. The lowest BCUT2D eigenvalue weighted by molar-refractivity contribution is 0.0936. The monoisotopic (exact) mass is 306 g/mol. The van der Waals surface area contributed by atoms with Gasteiger partial charge in [0.25, 0.3) is 5.91 Å². The first-order valence-electron chi connectivity index (χ1n) is 7.01. The van der Waals surface area contributed by atoms with Crippen molar-refractivity contribution in [2.45, 2.75) is 12.8 Å². The maximum absolute atomic E-state index is 12.0. The summed E-state index contributed by atoms with van der Waals surface area (Å²) in [5, 5.41) is 3.00. The highest BCUT2D eigenvalue weighted by molar-refractivity contribution is 6.99. The SMILES string of the molecule is Cn1cncc1C(=O)NCC1CCN(c2cnsn2)CC1. The Morgan fingerprint density at radius 3 is 2.86 bits per heavy atom. The van der Waals surface area contributed by atoms with E-state index in [1.807, 2.05) is 13.2 Å². The summed E-state index contributed by atoms with van der Waals surface area (Å²) < 4.78 is 10.0. The molecule has 0 radical (unpaired) electrons. The van der Waals surface area contributed by atoms with E-state index in [9.17, 15) is 4.79 Å². The van der Waals surface area contributed by atoms with Crippen LogP contribution in [0.15, 0.2) is 18.7 Å². The van der Waals surface area contributed by atoms with Crippen molar-refractivity contribution in [1.29, 1.82) is 0 Å². The molecule has 1 N–H and O–H groups in total. The van der Waals surface area contributed by atoms with E-state index in [1.165, 1.54) is 11.7 Å². The molecule has 0 aliphatic carbocycles. The molecule has 0 atom stereocenters. The largest absolute Gasteiger partial charge is 0.354 e. The standard InChI is InChI=1S/C13H18N6OS/c1-18-9-14-7-11(18)13(20)15-6-10-2-4-19(5-3-10)12-8-16-21-17-12/h7-10H,2-6H2,1H3,(H,15,20). The predicted molar refractivity (Wildman–Crippen MR) is 80.4 cm³/mol. The number of nitrogens with zero attached hydrogens (tertiary/aromatic N) is 5. The van der Waals surface area contributed by atoms with Gasteiger partial charge in [0, 0.05) is 26.7 Å². The summed E-state index contributed by atoms with van der Waals surface area (Å²) in [6, 6.07) is 0. The van der Waals surface area contributed by atoms with Crippen molar-refractivity contribution in [1.82, 2.24) is 23.6 Å². The normalized spacial score (nSPS) is 16.1. The van der Waals surface area contributed by atoms with Crippen LogP contribution in [-0.2, 0) is 7.05 Å². The van der Waals surface area contributed by atoms with Gasteiger partial charge < -0.3 is 14.8 Å². The number of amides is 1. The number of rotatable bonds is 4. The topological polar surface area (TPSA) is 75.9 Å². The Balaban J connectivity index is 1.46. The van der Waals surface area contributed by atoms with Gasteiger partial charge in [-0.25, -0.2) is 4.98 Å². The van der Waals surface area contributed by atoms with Crippen LogP contribution in [0.4, 0.5) is 5.82 Å². The molecule has 3 heterocycles. The summed E-state index contributed by atoms with van der Waals surface area (Å²) in [7, 11) is 1.82. The molecule has 0 spiro atoms. The minimum atomic E-state index is -0.0545. The van der Waals surface area contributed by atoms with Gasteiger partial charge in [-0.3, -0.25) is 4.79 Å². The fourth-order valence-electron chi connectivity index (χ4n) is 2.57. The van der Waals surface area contributed by atoms with Gasteiger partial charge >= 0.3 is 0 Å². The smallest absolute Gasteiger partial charge is 0.269 e. The van der Waals surface area contributed by atoms with Crippen LogP contribution in [-0.4, -0.2) is 43.8 Å². The molecule has 21 heavy (non-hydrogen) atoms. The Labute approximate surface area is 127 Å². The molecule has 2 aromatic rings. The van der Waals surface area contributed by atoms with Crippen molar-refractivity contribution in [3.8, 4) is 0 Å². The first-order valence-corrected chi connectivity index (χ1v) is 7.74. The molecule has 3 rings (SSSR count).